The van der Waals surface area contributed by atoms with Gasteiger partial charge in [-0.25, -0.2) is 4.39 Å². The van der Waals surface area contributed by atoms with Crippen molar-refractivity contribution in [1.29, 1.82) is 0 Å². The van der Waals surface area contributed by atoms with Gasteiger partial charge in [0.05, 0.1) is 5.69 Å². The molecule has 0 bridgehead atoms. The van der Waals surface area contributed by atoms with Crippen molar-refractivity contribution < 1.29 is 4.39 Å². The molecule has 3 rings (SSSR count). The average molecular weight is 325 g/mol. The lowest BCUT2D eigenvalue weighted by molar-refractivity contribution is 0.630. The number of halogens is 3. The molecule has 0 amide bonds. The fourth-order valence-electron chi connectivity index (χ4n) is 1.99. The highest BCUT2D eigenvalue weighted by atomic mass is 79.9. The van der Waals surface area contributed by atoms with Crippen LogP contribution in [-0.2, 0) is 0 Å². The predicted octanol–water partition coefficient (Wildman–Crippen LogP) is 5.16. The van der Waals surface area contributed by atoms with Crippen LogP contribution in [0.15, 0.2) is 53.1 Å². The third-order valence-corrected chi connectivity index (χ3v) is 3.53. The highest BCUT2D eigenvalue weighted by Crippen LogP contribution is 2.28. The van der Waals surface area contributed by atoms with E-state index in [0.29, 0.717) is 10.6 Å². The maximum absolute atomic E-state index is 13.9. The second kappa shape index (κ2) is 4.41. The molecule has 2 heterocycles. The van der Waals surface area contributed by atoms with Crippen LogP contribution < -0.4 is 0 Å². The zero-order valence-corrected chi connectivity index (χ0v) is 11.5. The van der Waals surface area contributed by atoms with E-state index in [1.165, 1.54) is 6.07 Å². The molecule has 0 saturated heterocycles. The summed E-state index contributed by atoms with van der Waals surface area (Å²) in [7, 11) is 0. The zero-order valence-electron chi connectivity index (χ0n) is 9.20. The van der Waals surface area contributed by atoms with Crippen LogP contribution in [0.3, 0.4) is 0 Å². The molecule has 0 N–H and O–H groups in total. The molecule has 4 heteroatoms. The molecule has 0 aliphatic rings. The van der Waals surface area contributed by atoms with Crippen molar-refractivity contribution in [3.63, 3.8) is 0 Å². The fraction of sp³-hybridized carbons (Fsp3) is 0. The largest absolute Gasteiger partial charge is 0.315 e. The molecule has 0 aliphatic carbocycles. The number of pyridine rings is 1. The Morgan fingerprint density at radius 3 is 2.61 bits per heavy atom. The van der Waals surface area contributed by atoms with Gasteiger partial charge in [0.1, 0.15) is 5.82 Å². The normalized spacial score (nSPS) is 11.1. The minimum atomic E-state index is -0.317. The molecule has 0 atom stereocenters. The van der Waals surface area contributed by atoms with Crippen LogP contribution in [0.4, 0.5) is 4.39 Å². The third kappa shape index (κ3) is 1.93. The van der Waals surface area contributed by atoms with Crippen molar-refractivity contribution in [3.8, 4) is 11.3 Å². The molecule has 90 valence electrons. The molecule has 0 unspecified atom stereocenters. The Balaban J connectivity index is 2.28. The molecule has 3 aromatic rings. The summed E-state index contributed by atoms with van der Waals surface area (Å²) in [4.78, 5) is 0. The second-order valence-corrected chi connectivity index (χ2v) is 5.34. The molecule has 0 saturated carbocycles. The quantitative estimate of drug-likeness (QED) is 0.582. The van der Waals surface area contributed by atoms with Crippen LogP contribution in [0.2, 0.25) is 5.02 Å². The van der Waals surface area contributed by atoms with Gasteiger partial charge in [0.2, 0.25) is 0 Å². The SMILES string of the molecule is Fc1cc(Cl)ccc1-c1ccc2ccc(Br)cn12. The molecule has 1 nitrogen and oxygen atoms in total. The summed E-state index contributed by atoms with van der Waals surface area (Å²) in [5.74, 6) is -0.317. The van der Waals surface area contributed by atoms with Crippen molar-refractivity contribution in [3.05, 3.63) is 64.0 Å². The van der Waals surface area contributed by atoms with Crippen molar-refractivity contribution in [1.82, 2.24) is 4.40 Å². The number of benzene rings is 1. The van der Waals surface area contributed by atoms with Gasteiger partial charge in [0.15, 0.2) is 0 Å². The average Bonchev–Trinajstić information content (AvgIpc) is 2.72. The highest BCUT2D eigenvalue weighted by Gasteiger charge is 2.10. The topological polar surface area (TPSA) is 4.41 Å². The van der Waals surface area contributed by atoms with Gasteiger partial charge in [-0.1, -0.05) is 11.6 Å². The van der Waals surface area contributed by atoms with Crippen LogP contribution in [0.5, 0.6) is 0 Å². The highest BCUT2D eigenvalue weighted by molar-refractivity contribution is 9.10. The van der Waals surface area contributed by atoms with Crippen molar-refractivity contribution >= 4 is 33.0 Å². The lowest BCUT2D eigenvalue weighted by atomic mass is 10.1. The van der Waals surface area contributed by atoms with Crippen LogP contribution >= 0.6 is 27.5 Å². The predicted molar refractivity (Wildman–Crippen MR) is 75.5 cm³/mol. The second-order valence-electron chi connectivity index (χ2n) is 3.98. The summed E-state index contributed by atoms with van der Waals surface area (Å²) in [6, 6.07) is 12.5. The molecule has 0 aliphatic heterocycles. The number of rotatable bonds is 1. The van der Waals surface area contributed by atoms with Gasteiger partial charge >= 0.3 is 0 Å². The van der Waals surface area contributed by atoms with Gasteiger partial charge in [-0.05, 0) is 58.4 Å². The summed E-state index contributed by atoms with van der Waals surface area (Å²) in [5.41, 5.74) is 2.36. The van der Waals surface area contributed by atoms with E-state index in [4.69, 9.17) is 11.6 Å². The van der Waals surface area contributed by atoms with E-state index in [1.807, 2.05) is 34.9 Å². The van der Waals surface area contributed by atoms with Gasteiger partial charge in [-0.3, -0.25) is 0 Å². The number of hydrogen-bond acceptors (Lipinski definition) is 0. The molecule has 0 radical (unpaired) electrons. The van der Waals surface area contributed by atoms with Crippen molar-refractivity contribution in [2.75, 3.05) is 0 Å². The van der Waals surface area contributed by atoms with Crippen LogP contribution in [0.1, 0.15) is 0 Å². The number of fused-ring (bicyclic) bond motifs is 1. The Morgan fingerprint density at radius 2 is 1.83 bits per heavy atom. The van der Waals surface area contributed by atoms with Crippen LogP contribution in [0.25, 0.3) is 16.8 Å². The maximum Gasteiger partial charge on any atom is 0.134 e. The molecule has 18 heavy (non-hydrogen) atoms. The monoisotopic (exact) mass is 323 g/mol. The minimum Gasteiger partial charge on any atom is -0.315 e. The molecule has 0 fully saturated rings. The molecule has 1 aromatic carbocycles. The Hall–Kier alpha value is -1.32. The standard InChI is InChI=1S/C14H8BrClFN/c15-9-1-3-11-4-6-14(18(11)8-9)12-5-2-10(16)7-13(12)17/h1-8H. The smallest absolute Gasteiger partial charge is 0.134 e. The molecular weight excluding hydrogens is 317 g/mol. The van der Waals surface area contributed by atoms with Gasteiger partial charge < -0.3 is 4.40 Å². The number of nitrogens with zero attached hydrogens (tertiary/aromatic N) is 1. The van der Waals surface area contributed by atoms with Crippen LogP contribution in [-0.4, -0.2) is 4.40 Å². The Kier molecular flexibility index (Phi) is 2.88. The van der Waals surface area contributed by atoms with E-state index in [2.05, 4.69) is 15.9 Å². The number of hydrogen-bond donors (Lipinski definition) is 0. The van der Waals surface area contributed by atoms with E-state index in [9.17, 15) is 4.39 Å². The Labute approximate surface area is 117 Å². The van der Waals surface area contributed by atoms with E-state index in [0.717, 1.165) is 15.7 Å². The van der Waals surface area contributed by atoms with E-state index in [1.54, 1.807) is 12.1 Å². The van der Waals surface area contributed by atoms with Gasteiger partial charge in [0.25, 0.3) is 0 Å². The van der Waals surface area contributed by atoms with Crippen molar-refractivity contribution in [2.24, 2.45) is 0 Å². The summed E-state index contributed by atoms with van der Waals surface area (Å²) in [6.07, 6.45) is 1.92. The minimum absolute atomic E-state index is 0.317. The Bertz CT molecular complexity index is 736. The number of aromatic nitrogens is 1. The molecule has 0 spiro atoms. The first-order valence-corrected chi connectivity index (χ1v) is 6.54. The lowest BCUT2D eigenvalue weighted by Crippen LogP contribution is -1.90. The van der Waals surface area contributed by atoms with E-state index >= 15 is 0 Å². The maximum atomic E-state index is 13.9. The summed E-state index contributed by atoms with van der Waals surface area (Å²) < 4.78 is 16.8. The van der Waals surface area contributed by atoms with Crippen molar-refractivity contribution in [2.45, 2.75) is 0 Å². The summed E-state index contributed by atoms with van der Waals surface area (Å²) >= 11 is 9.19. The van der Waals surface area contributed by atoms with Gasteiger partial charge in [0, 0.05) is 26.8 Å². The third-order valence-electron chi connectivity index (χ3n) is 2.82. The van der Waals surface area contributed by atoms with E-state index in [-0.39, 0.29) is 5.82 Å². The first-order valence-electron chi connectivity index (χ1n) is 5.37. The molecule has 2 aromatic heterocycles. The Morgan fingerprint density at radius 1 is 1.06 bits per heavy atom. The fourth-order valence-corrected chi connectivity index (χ4v) is 2.49. The zero-order chi connectivity index (χ0) is 12.7. The van der Waals surface area contributed by atoms with Gasteiger partial charge in [-0.15, -0.1) is 0 Å². The summed E-state index contributed by atoms with van der Waals surface area (Å²) in [5, 5.41) is 0.401. The first kappa shape index (κ1) is 11.8. The van der Waals surface area contributed by atoms with E-state index < -0.39 is 0 Å². The van der Waals surface area contributed by atoms with Crippen LogP contribution in [0, 0.1) is 5.82 Å². The molecular formula is C14H8BrClFN. The summed E-state index contributed by atoms with van der Waals surface area (Å²) in [6.45, 7) is 0. The first-order chi connectivity index (χ1) is 8.65. The van der Waals surface area contributed by atoms with Gasteiger partial charge in [-0.2, -0.15) is 0 Å². The lowest BCUT2D eigenvalue weighted by Gasteiger charge is -2.05.